The molecule has 1 aromatic carbocycles. The van der Waals surface area contributed by atoms with Crippen LogP contribution in [0.2, 0.25) is 0 Å². The summed E-state index contributed by atoms with van der Waals surface area (Å²) < 4.78 is 26.4. The van der Waals surface area contributed by atoms with Crippen LogP contribution < -0.4 is 11.2 Å². The van der Waals surface area contributed by atoms with E-state index in [1.165, 1.54) is 6.07 Å². The van der Waals surface area contributed by atoms with E-state index in [1.54, 1.807) is 0 Å². The van der Waals surface area contributed by atoms with Crippen molar-refractivity contribution in [2.75, 3.05) is 13.2 Å². The maximum absolute atomic E-state index is 13.2. The van der Waals surface area contributed by atoms with Crippen LogP contribution in [0.25, 0.3) is 0 Å². The number of carbonyl (C=O) groups excluding carboxylic acids is 1. The minimum absolute atomic E-state index is 0.273. The molecule has 0 fully saturated rings. The van der Waals surface area contributed by atoms with Crippen molar-refractivity contribution in [1.82, 2.24) is 5.48 Å². The summed E-state index contributed by atoms with van der Waals surface area (Å²) in [5, 5.41) is 9.51. The predicted octanol–water partition coefficient (Wildman–Crippen LogP) is 0.00470. The number of nitrogens with one attached hydrogen (secondary N) is 1. The molecule has 5 nitrogen and oxygen atoms in total. The van der Waals surface area contributed by atoms with Gasteiger partial charge in [0, 0.05) is 0 Å². The van der Waals surface area contributed by atoms with E-state index in [2.05, 4.69) is 10.3 Å². The molecule has 4 N–H and O–H groups in total. The third-order valence-electron chi connectivity index (χ3n) is 1.93. The van der Waals surface area contributed by atoms with Crippen LogP contribution in [0.15, 0.2) is 18.2 Å². The van der Waals surface area contributed by atoms with Crippen LogP contribution >= 0.6 is 0 Å². The van der Waals surface area contributed by atoms with E-state index in [9.17, 15) is 18.7 Å². The fourth-order valence-electron chi connectivity index (χ4n) is 1.19. The monoisotopic (exact) mass is 246 g/mol. The molecular formula is C10H12F2N2O3. The Morgan fingerprint density at radius 3 is 2.59 bits per heavy atom. The molecule has 0 aliphatic rings. The van der Waals surface area contributed by atoms with Crippen molar-refractivity contribution in [2.24, 2.45) is 5.73 Å². The Balaban J connectivity index is 2.52. The fourth-order valence-corrected chi connectivity index (χ4v) is 1.19. The van der Waals surface area contributed by atoms with Gasteiger partial charge in [-0.15, -0.1) is 0 Å². The number of aliphatic hydroxyl groups excluding tert-OH is 1. The van der Waals surface area contributed by atoms with Gasteiger partial charge in [-0.25, -0.2) is 8.78 Å². The van der Waals surface area contributed by atoms with Gasteiger partial charge in [-0.05, 0) is 12.1 Å². The molecule has 7 heteroatoms. The lowest BCUT2D eigenvalue weighted by Crippen LogP contribution is -2.28. The minimum atomic E-state index is -1.43. The second-order valence-corrected chi connectivity index (χ2v) is 3.25. The van der Waals surface area contributed by atoms with Gasteiger partial charge in [0.15, 0.2) is 0 Å². The quantitative estimate of drug-likeness (QED) is 0.487. The molecule has 0 spiro atoms. The lowest BCUT2D eigenvalue weighted by atomic mass is 10.1. The van der Waals surface area contributed by atoms with E-state index in [4.69, 9.17) is 5.73 Å². The van der Waals surface area contributed by atoms with Crippen molar-refractivity contribution in [3.05, 3.63) is 35.4 Å². The zero-order valence-electron chi connectivity index (χ0n) is 8.82. The summed E-state index contributed by atoms with van der Waals surface area (Å²) in [7, 11) is 0. The lowest BCUT2D eigenvalue weighted by Gasteiger charge is -2.13. The summed E-state index contributed by atoms with van der Waals surface area (Å²) in [4.78, 5) is 14.8. The van der Waals surface area contributed by atoms with Crippen molar-refractivity contribution in [3.63, 3.8) is 0 Å². The molecule has 0 heterocycles. The highest BCUT2D eigenvalue weighted by Gasteiger charge is 2.17. The molecule has 1 amide bonds. The van der Waals surface area contributed by atoms with Gasteiger partial charge < -0.3 is 10.8 Å². The Hall–Kier alpha value is -1.57. The Morgan fingerprint density at radius 1 is 1.47 bits per heavy atom. The van der Waals surface area contributed by atoms with Crippen molar-refractivity contribution in [2.45, 2.75) is 6.10 Å². The molecule has 0 aliphatic heterocycles. The summed E-state index contributed by atoms with van der Waals surface area (Å²) in [6.45, 7) is -0.669. The number of hydrogen-bond acceptors (Lipinski definition) is 4. The molecule has 94 valence electrons. The molecule has 1 atom stereocenters. The minimum Gasteiger partial charge on any atom is -0.387 e. The molecule has 0 bridgehead atoms. The van der Waals surface area contributed by atoms with Crippen LogP contribution in [0, 0.1) is 11.6 Å². The van der Waals surface area contributed by atoms with Crippen LogP contribution in [0.1, 0.15) is 11.7 Å². The largest absolute Gasteiger partial charge is 0.387 e. The van der Waals surface area contributed by atoms with Gasteiger partial charge in [-0.3, -0.25) is 9.63 Å². The molecule has 0 aliphatic carbocycles. The first kappa shape index (κ1) is 13.5. The third kappa shape index (κ3) is 4.06. The fraction of sp³-hybridized carbons (Fsp3) is 0.300. The topological polar surface area (TPSA) is 84.6 Å². The average Bonchev–Trinajstić information content (AvgIpc) is 2.24. The van der Waals surface area contributed by atoms with Crippen LogP contribution in [0.5, 0.6) is 0 Å². The number of rotatable bonds is 6. The third-order valence-corrected chi connectivity index (χ3v) is 1.93. The van der Waals surface area contributed by atoms with E-state index < -0.39 is 35.8 Å². The predicted molar refractivity (Wildman–Crippen MR) is 54.5 cm³/mol. The zero-order chi connectivity index (χ0) is 12.8. The Morgan fingerprint density at radius 2 is 2.06 bits per heavy atom. The number of primary amides is 1. The van der Waals surface area contributed by atoms with E-state index in [-0.39, 0.29) is 6.54 Å². The first-order valence-corrected chi connectivity index (χ1v) is 4.77. The summed E-state index contributed by atoms with van der Waals surface area (Å²) in [5.41, 5.74) is 6.51. The summed E-state index contributed by atoms with van der Waals surface area (Å²) in [5.74, 6) is -2.41. The number of hydroxylamine groups is 1. The van der Waals surface area contributed by atoms with E-state index >= 15 is 0 Å². The lowest BCUT2D eigenvalue weighted by molar-refractivity contribution is -0.125. The van der Waals surface area contributed by atoms with E-state index in [0.29, 0.717) is 0 Å². The average molecular weight is 246 g/mol. The first-order valence-electron chi connectivity index (χ1n) is 4.77. The first-order chi connectivity index (χ1) is 8.02. The number of benzene rings is 1. The highest BCUT2D eigenvalue weighted by molar-refractivity contribution is 5.74. The van der Waals surface area contributed by atoms with Gasteiger partial charge in [-0.2, -0.15) is 5.48 Å². The standard InChI is InChI=1S/C10H12F2N2O3/c11-6-2-1-3-7(12)10(6)8(15)4-14-17-5-9(13)16/h1-3,8,14-15H,4-5H2,(H2,13,16). The van der Waals surface area contributed by atoms with Crippen LogP contribution in [0.4, 0.5) is 8.78 Å². The maximum atomic E-state index is 13.2. The summed E-state index contributed by atoms with van der Waals surface area (Å²) in [6.07, 6.45) is -1.43. The number of amides is 1. The highest BCUT2D eigenvalue weighted by Crippen LogP contribution is 2.19. The Kier molecular flexibility index (Phi) is 4.95. The molecule has 1 unspecified atom stereocenters. The van der Waals surface area contributed by atoms with Crippen molar-refractivity contribution in [3.8, 4) is 0 Å². The van der Waals surface area contributed by atoms with E-state index in [0.717, 1.165) is 12.1 Å². The summed E-state index contributed by atoms with van der Waals surface area (Å²) in [6, 6.07) is 3.26. The van der Waals surface area contributed by atoms with E-state index in [1.807, 2.05) is 0 Å². The molecule has 0 saturated carbocycles. The second-order valence-electron chi connectivity index (χ2n) is 3.25. The number of halogens is 2. The van der Waals surface area contributed by atoms with Gasteiger partial charge in [-0.1, -0.05) is 6.07 Å². The smallest absolute Gasteiger partial charge is 0.245 e. The van der Waals surface area contributed by atoms with Gasteiger partial charge in [0.05, 0.1) is 18.2 Å². The van der Waals surface area contributed by atoms with Gasteiger partial charge in [0.25, 0.3) is 0 Å². The maximum Gasteiger partial charge on any atom is 0.245 e. The number of hydrogen-bond donors (Lipinski definition) is 3. The van der Waals surface area contributed by atoms with Crippen LogP contribution in [0.3, 0.4) is 0 Å². The van der Waals surface area contributed by atoms with Crippen molar-refractivity contribution < 1.29 is 23.5 Å². The van der Waals surface area contributed by atoms with Crippen LogP contribution in [-0.4, -0.2) is 24.2 Å². The Labute approximate surface area is 96.1 Å². The SMILES string of the molecule is NC(=O)CONCC(O)c1c(F)cccc1F. The zero-order valence-corrected chi connectivity index (χ0v) is 8.82. The molecule has 1 rings (SSSR count). The summed E-state index contributed by atoms with van der Waals surface area (Å²) >= 11 is 0. The molecule has 0 aromatic heterocycles. The number of aliphatic hydroxyl groups is 1. The van der Waals surface area contributed by atoms with Crippen LogP contribution in [-0.2, 0) is 9.63 Å². The second kappa shape index (κ2) is 6.24. The van der Waals surface area contributed by atoms with Crippen molar-refractivity contribution >= 4 is 5.91 Å². The van der Waals surface area contributed by atoms with Gasteiger partial charge in [0.1, 0.15) is 18.2 Å². The normalized spacial score (nSPS) is 12.4. The molecule has 17 heavy (non-hydrogen) atoms. The van der Waals surface area contributed by atoms with Gasteiger partial charge >= 0.3 is 0 Å². The molecule has 1 aromatic rings. The Bertz CT molecular complexity index is 381. The number of carbonyl (C=O) groups is 1. The highest BCUT2D eigenvalue weighted by atomic mass is 19.1. The molecule has 0 saturated heterocycles. The molecular weight excluding hydrogens is 234 g/mol. The van der Waals surface area contributed by atoms with Gasteiger partial charge in [0.2, 0.25) is 5.91 Å². The van der Waals surface area contributed by atoms with Crippen molar-refractivity contribution in [1.29, 1.82) is 0 Å². The molecule has 0 radical (unpaired) electrons. The number of nitrogens with two attached hydrogens (primary N) is 1.